The van der Waals surface area contributed by atoms with E-state index in [0.717, 1.165) is 11.8 Å². The maximum absolute atomic E-state index is 12.7. The van der Waals surface area contributed by atoms with Crippen molar-refractivity contribution in [3.05, 3.63) is 24.3 Å². The molecule has 0 saturated carbocycles. The maximum Gasteiger partial charge on any atom is 0.319 e. The molecule has 1 aliphatic heterocycles. The fourth-order valence-electron chi connectivity index (χ4n) is 2.58. The summed E-state index contributed by atoms with van der Waals surface area (Å²) in [6.07, 6.45) is 0.596. The third-order valence-corrected chi connectivity index (χ3v) is 7.09. The van der Waals surface area contributed by atoms with E-state index >= 15 is 0 Å². The molecule has 0 radical (unpaired) electrons. The van der Waals surface area contributed by atoms with Gasteiger partial charge in [-0.25, -0.2) is 8.42 Å². The van der Waals surface area contributed by atoms with Gasteiger partial charge in [0.15, 0.2) is 0 Å². The van der Waals surface area contributed by atoms with E-state index < -0.39 is 10.0 Å². The molecule has 2 heterocycles. The van der Waals surface area contributed by atoms with Crippen LogP contribution in [0.25, 0.3) is 11.5 Å². The second kappa shape index (κ2) is 7.77. The van der Waals surface area contributed by atoms with E-state index in [1.165, 1.54) is 16.4 Å². The van der Waals surface area contributed by atoms with Crippen LogP contribution in [-0.2, 0) is 19.6 Å². The Morgan fingerprint density at radius 2 is 2.04 bits per heavy atom. The fourth-order valence-corrected chi connectivity index (χ4v) is 4.92. The molecule has 0 amide bonds. The molecule has 1 aromatic heterocycles. The lowest BCUT2D eigenvalue weighted by Gasteiger charge is -2.18. The average molecular weight is 397 g/mol. The Labute approximate surface area is 156 Å². The molecule has 3 rings (SSSR count). The van der Waals surface area contributed by atoms with Gasteiger partial charge >= 0.3 is 5.97 Å². The standard InChI is InChI=1S/C16H19N3O5S2/c1-3-19(4-2)26(21,22)12-7-5-6-11(10-12)14-17-18-16(24-14)25-13-8-9-23-15(13)20/h5-7,10,13H,3-4,8-9H2,1-2H3. The van der Waals surface area contributed by atoms with E-state index in [-0.39, 0.29) is 27.2 Å². The Kier molecular flexibility index (Phi) is 5.64. The summed E-state index contributed by atoms with van der Waals surface area (Å²) in [5, 5.41) is 7.79. The summed E-state index contributed by atoms with van der Waals surface area (Å²) in [5.41, 5.74) is 0.506. The van der Waals surface area contributed by atoms with Crippen LogP contribution in [0.2, 0.25) is 0 Å². The molecule has 1 unspecified atom stereocenters. The van der Waals surface area contributed by atoms with E-state index in [4.69, 9.17) is 9.15 Å². The molecule has 26 heavy (non-hydrogen) atoms. The van der Waals surface area contributed by atoms with Crippen LogP contribution in [0.15, 0.2) is 38.8 Å². The zero-order valence-electron chi connectivity index (χ0n) is 14.4. The number of thioether (sulfide) groups is 1. The molecular weight excluding hydrogens is 378 g/mol. The number of hydrogen-bond donors (Lipinski definition) is 0. The first-order valence-electron chi connectivity index (χ1n) is 8.23. The highest BCUT2D eigenvalue weighted by Crippen LogP contribution is 2.31. The SMILES string of the molecule is CCN(CC)S(=O)(=O)c1cccc(-c2nnc(SC3CCOC3=O)o2)c1. The predicted octanol–water partition coefficient (Wildman–Crippen LogP) is 2.17. The molecule has 0 aliphatic carbocycles. The lowest BCUT2D eigenvalue weighted by Crippen LogP contribution is -2.30. The number of carbonyl (C=O) groups is 1. The number of esters is 1. The second-order valence-electron chi connectivity index (χ2n) is 5.55. The van der Waals surface area contributed by atoms with Crippen LogP contribution in [0, 0.1) is 0 Å². The minimum Gasteiger partial charge on any atom is -0.465 e. The van der Waals surface area contributed by atoms with Gasteiger partial charge in [0.2, 0.25) is 15.9 Å². The first-order chi connectivity index (χ1) is 12.5. The summed E-state index contributed by atoms with van der Waals surface area (Å²) >= 11 is 1.16. The molecule has 0 bridgehead atoms. The van der Waals surface area contributed by atoms with E-state index in [1.54, 1.807) is 26.0 Å². The Balaban J connectivity index is 1.84. The van der Waals surface area contributed by atoms with Gasteiger partial charge in [0.25, 0.3) is 5.22 Å². The van der Waals surface area contributed by atoms with E-state index in [0.29, 0.717) is 31.7 Å². The minimum absolute atomic E-state index is 0.172. The summed E-state index contributed by atoms with van der Waals surface area (Å²) in [6, 6.07) is 6.39. The van der Waals surface area contributed by atoms with Crippen molar-refractivity contribution in [3.63, 3.8) is 0 Å². The summed E-state index contributed by atoms with van der Waals surface area (Å²) in [6.45, 7) is 4.76. The number of carbonyl (C=O) groups excluding carboxylic acids is 1. The van der Waals surface area contributed by atoms with Crippen molar-refractivity contribution in [2.45, 2.75) is 35.6 Å². The minimum atomic E-state index is -3.57. The van der Waals surface area contributed by atoms with E-state index in [2.05, 4.69) is 10.2 Å². The molecule has 1 aromatic carbocycles. The summed E-state index contributed by atoms with van der Waals surface area (Å²) in [7, 11) is -3.57. The quantitative estimate of drug-likeness (QED) is 0.655. The zero-order chi connectivity index (χ0) is 18.7. The normalized spacial score (nSPS) is 17.7. The van der Waals surface area contributed by atoms with Crippen molar-refractivity contribution in [2.75, 3.05) is 19.7 Å². The van der Waals surface area contributed by atoms with Gasteiger partial charge < -0.3 is 9.15 Å². The van der Waals surface area contributed by atoms with Crippen LogP contribution in [0.3, 0.4) is 0 Å². The van der Waals surface area contributed by atoms with Gasteiger partial charge in [0.1, 0.15) is 5.25 Å². The fraction of sp³-hybridized carbons (Fsp3) is 0.438. The first-order valence-corrected chi connectivity index (χ1v) is 10.5. The average Bonchev–Trinajstić information content (AvgIpc) is 3.26. The monoisotopic (exact) mass is 397 g/mol. The van der Waals surface area contributed by atoms with Crippen molar-refractivity contribution < 1.29 is 22.4 Å². The first kappa shape index (κ1) is 18.9. The van der Waals surface area contributed by atoms with Gasteiger partial charge in [-0.2, -0.15) is 4.31 Å². The molecule has 1 saturated heterocycles. The second-order valence-corrected chi connectivity index (χ2v) is 8.64. The van der Waals surface area contributed by atoms with Gasteiger partial charge in [-0.3, -0.25) is 4.79 Å². The predicted molar refractivity (Wildman–Crippen MR) is 95.1 cm³/mol. The van der Waals surface area contributed by atoms with Crippen molar-refractivity contribution in [3.8, 4) is 11.5 Å². The highest BCUT2D eigenvalue weighted by Gasteiger charge is 2.30. The molecule has 2 aromatic rings. The summed E-state index contributed by atoms with van der Waals surface area (Å²) in [4.78, 5) is 11.7. The molecule has 1 aliphatic rings. The van der Waals surface area contributed by atoms with Crippen molar-refractivity contribution >= 4 is 27.8 Å². The number of cyclic esters (lactones) is 1. The molecule has 1 fully saturated rings. The lowest BCUT2D eigenvalue weighted by molar-refractivity contribution is -0.137. The van der Waals surface area contributed by atoms with E-state index in [9.17, 15) is 13.2 Å². The van der Waals surface area contributed by atoms with Crippen molar-refractivity contribution in [1.82, 2.24) is 14.5 Å². The smallest absolute Gasteiger partial charge is 0.319 e. The van der Waals surface area contributed by atoms with Crippen molar-refractivity contribution in [2.24, 2.45) is 0 Å². The Bertz CT molecular complexity index is 893. The number of nitrogens with zero attached hydrogens (tertiary/aromatic N) is 3. The lowest BCUT2D eigenvalue weighted by atomic mass is 10.2. The third-order valence-electron chi connectivity index (χ3n) is 3.96. The van der Waals surface area contributed by atoms with Crippen LogP contribution in [0.4, 0.5) is 0 Å². The molecule has 10 heteroatoms. The summed E-state index contributed by atoms with van der Waals surface area (Å²) in [5.74, 6) is -0.0856. The third kappa shape index (κ3) is 3.76. The number of aromatic nitrogens is 2. The van der Waals surface area contributed by atoms with Crippen LogP contribution in [0.1, 0.15) is 20.3 Å². The van der Waals surface area contributed by atoms with E-state index in [1.807, 2.05) is 0 Å². The number of sulfonamides is 1. The molecule has 8 nitrogen and oxygen atoms in total. The van der Waals surface area contributed by atoms with Crippen LogP contribution in [-0.4, -0.2) is 53.8 Å². The number of ether oxygens (including phenoxy) is 1. The zero-order valence-corrected chi connectivity index (χ0v) is 16.0. The highest BCUT2D eigenvalue weighted by molar-refractivity contribution is 8.00. The Morgan fingerprint density at radius 3 is 2.69 bits per heavy atom. The van der Waals surface area contributed by atoms with Crippen molar-refractivity contribution in [1.29, 1.82) is 0 Å². The maximum atomic E-state index is 12.7. The largest absolute Gasteiger partial charge is 0.465 e. The van der Waals surface area contributed by atoms with Gasteiger partial charge in [-0.05, 0) is 30.0 Å². The molecular formula is C16H19N3O5S2. The Morgan fingerprint density at radius 1 is 1.27 bits per heavy atom. The van der Waals surface area contributed by atoms with Crippen LogP contribution < -0.4 is 0 Å². The Hall–Kier alpha value is -1.91. The van der Waals surface area contributed by atoms with Gasteiger partial charge in [0.05, 0.1) is 11.5 Å². The molecule has 0 N–H and O–H groups in total. The van der Waals surface area contributed by atoms with Gasteiger partial charge in [-0.1, -0.05) is 19.9 Å². The van der Waals surface area contributed by atoms with Crippen LogP contribution in [0.5, 0.6) is 0 Å². The molecule has 0 spiro atoms. The van der Waals surface area contributed by atoms with Gasteiger partial charge in [0, 0.05) is 25.1 Å². The number of benzene rings is 1. The van der Waals surface area contributed by atoms with Gasteiger partial charge in [-0.15, -0.1) is 10.2 Å². The van der Waals surface area contributed by atoms with Crippen LogP contribution >= 0.6 is 11.8 Å². The summed E-state index contributed by atoms with van der Waals surface area (Å²) < 4.78 is 37.2. The molecule has 140 valence electrons. The molecule has 1 atom stereocenters. The number of rotatable bonds is 7. The topological polar surface area (TPSA) is 103 Å². The number of hydrogen-bond acceptors (Lipinski definition) is 8. The highest BCUT2D eigenvalue weighted by atomic mass is 32.2.